The molecule has 0 fully saturated rings. The number of benzene rings is 2. The molecular weight excluding hydrogens is 354 g/mol. The molecule has 0 amide bonds. The van der Waals surface area contributed by atoms with Gasteiger partial charge in [-0.2, -0.15) is 0 Å². The lowest BCUT2D eigenvalue weighted by Gasteiger charge is -2.22. The standard InChI is InChI=1S/C19H13NO5S/c1-8-20-14-17(24-2)12-11(13(18(14)26-8)19(23)25-3)15(21)9-6-4-5-7-10(9)16(12)22/h4-7H,1-3H3. The van der Waals surface area contributed by atoms with Crippen molar-refractivity contribution in [1.82, 2.24) is 4.98 Å². The average molecular weight is 367 g/mol. The van der Waals surface area contributed by atoms with E-state index in [1.807, 2.05) is 0 Å². The normalized spacial score (nSPS) is 12.7. The summed E-state index contributed by atoms with van der Waals surface area (Å²) in [5, 5.41) is 0.684. The highest BCUT2D eigenvalue weighted by atomic mass is 32.1. The van der Waals surface area contributed by atoms with Crippen molar-refractivity contribution in [3.8, 4) is 5.75 Å². The van der Waals surface area contributed by atoms with Gasteiger partial charge in [0.25, 0.3) is 0 Å². The van der Waals surface area contributed by atoms with Crippen molar-refractivity contribution < 1.29 is 23.9 Å². The minimum absolute atomic E-state index is 0.0218. The van der Waals surface area contributed by atoms with Gasteiger partial charge in [-0.25, -0.2) is 9.78 Å². The highest BCUT2D eigenvalue weighted by Gasteiger charge is 2.39. The maximum Gasteiger partial charge on any atom is 0.340 e. The third kappa shape index (κ3) is 2.04. The molecule has 3 aromatic rings. The van der Waals surface area contributed by atoms with Crippen molar-refractivity contribution in [2.24, 2.45) is 0 Å². The molecular formula is C19H13NO5S. The van der Waals surface area contributed by atoms with Crippen molar-refractivity contribution in [2.45, 2.75) is 6.92 Å². The number of ketones is 2. The minimum Gasteiger partial charge on any atom is -0.494 e. The lowest BCUT2D eigenvalue weighted by atomic mass is 9.81. The van der Waals surface area contributed by atoms with Crippen LogP contribution < -0.4 is 4.74 Å². The van der Waals surface area contributed by atoms with E-state index in [4.69, 9.17) is 9.47 Å². The van der Waals surface area contributed by atoms with Gasteiger partial charge in [-0.05, 0) is 6.92 Å². The summed E-state index contributed by atoms with van der Waals surface area (Å²) in [4.78, 5) is 43.3. The molecule has 1 aliphatic carbocycles. The Labute approximate surface area is 152 Å². The Morgan fingerprint density at radius 3 is 2.23 bits per heavy atom. The molecule has 2 aromatic carbocycles. The fourth-order valence-corrected chi connectivity index (χ4v) is 4.26. The Morgan fingerprint density at radius 2 is 1.65 bits per heavy atom. The Balaban J connectivity index is 2.23. The molecule has 0 spiro atoms. The Hall–Kier alpha value is -3.06. The number of methoxy groups -OCH3 is 2. The van der Waals surface area contributed by atoms with Crippen LogP contribution in [0.2, 0.25) is 0 Å². The number of aryl methyl sites for hydroxylation is 1. The van der Waals surface area contributed by atoms with Crippen LogP contribution in [0.25, 0.3) is 10.2 Å². The zero-order valence-corrected chi connectivity index (χ0v) is 15.0. The van der Waals surface area contributed by atoms with Gasteiger partial charge in [0.05, 0.1) is 40.6 Å². The number of nitrogens with zero attached hydrogens (tertiary/aromatic N) is 1. The molecule has 6 nitrogen and oxygen atoms in total. The van der Waals surface area contributed by atoms with Crippen LogP contribution in [0.1, 0.15) is 47.2 Å². The molecule has 0 N–H and O–H groups in total. The van der Waals surface area contributed by atoms with Crippen molar-refractivity contribution in [2.75, 3.05) is 14.2 Å². The highest BCUT2D eigenvalue weighted by molar-refractivity contribution is 7.19. The number of hydrogen-bond acceptors (Lipinski definition) is 7. The van der Waals surface area contributed by atoms with E-state index in [-0.39, 0.29) is 39.4 Å². The molecule has 0 bridgehead atoms. The summed E-state index contributed by atoms with van der Waals surface area (Å²) in [6.45, 7) is 1.78. The lowest BCUT2D eigenvalue weighted by molar-refractivity contribution is 0.0600. The van der Waals surface area contributed by atoms with Gasteiger partial charge in [-0.15, -0.1) is 11.3 Å². The summed E-state index contributed by atoms with van der Waals surface area (Å²) >= 11 is 1.25. The van der Waals surface area contributed by atoms with E-state index in [1.54, 1.807) is 31.2 Å². The van der Waals surface area contributed by atoms with E-state index in [0.717, 1.165) is 0 Å². The summed E-state index contributed by atoms with van der Waals surface area (Å²) in [7, 11) is 2.65. The predicted molar refractivity (Wildman–Crippen MR) is 95.6 cm³/mol. The summed E-state index contributed by atoms with van der Waals surface area (Å²) in [6, 6.07) is 6.54. The van der Waals surface area contributed by atoms with E-state index in [9.17, 15) is 14.4 Å². The quantitative estimate of drug-likeness (QED) is 0.506. The van der Waals surface area contributed by atoms with Crippen LogP contribution in [-0.2, 0) is 4.74 Å². The number of carbonyl (C=O) groups is 3. The van der Waals surface area contributed by atoms with Crippen LogP contribution in [-0.4, -0.2) is 36.7 Å². The van der Waals surface area contributed by atoms with Crippen LogP contribution in [0.15, 0.2) is 24.3 Å². The van der Waals surface area contributed by atoms with E-state index < -0.39 is 11.8 Å². The summed E-state index contributed by atoms with van der Waals surface area (Å²) < 4.78 is 10.8. The Kier molecular flexibility index (Phi) is 3.62. The molecule has 130 valence electrons. The Morgan fingerprint density at radius 1 is 1.04 bits per heavy atom. The largest absolute Gasteiger partial charge is 0.494 e. The smallest absolute Gasteiger partial charge is 0.340 e. The zero-order chi connectivity index (χ0) is 18.6. The molecule has 1 aromatic heterocycles. The molecule has 26 heavy (non-hydrogen) atoms. The van der Waals surface area contributed by atoms with E-state index in [2.05, 4.69) is 4.98 Å². The number of esters is 1. The van der Waals surface area contributed by atoms with Gasteiger partial charge in [0.1, 0.15) is 5.52 Å². The van der Waals surface area contributed by atoms with Gasteiger partial charge >= 0.3 is 5.97 Å². The van der Waals surface area contributed by atoms with Crippen LogP contribution in [0.3, 0.4) is 0 Å². The number of thiazole rings is 1. The summed E-state index contributed by atoms with van der Waals surface area (Å²) in [5.41, 5.74) is 1.08. The molecule has 7 heteroatoms. The molecule has 1 aliphatic rings. The third-order valence-electron chi connectivity index (χ3n) is 4.37. The Bertz CT molecular complexity index is 1130. The molecule has 1 heterocycles. The van der Waals surface area contributed by atoms with E-state index in [1.165, 1.54) is 25.6 Å². The number of rotatable bonds is 2. The van der Waals surface area contributed by atoms with Gasteiger partial charge in [-0.1, -0.05) is 24.3 Å². The minimum atomic E-state index is -0.682. The summed E-state index contributed by atoms with van der Waals surface area (Å²) in [6.07, 6.45) is 0. The second kappa shape index (κ2) is 5.74. The summed E-state index contributed by atoms with van der Waals surface area (Å²) in [5.74, 6) is -1.25. The van der Waals surface area contributed by atoms with Gasteiger partial charge < -0.3 is 9.47 Å². The molecule has 0 radical (unpaired) electrons. The van der Waals surface area contributed by atoms with Gasteiger partial charge in [0.15, 0.2) is 17.3 Å². The van der Waals surface area contributed by atoms with Crippen molar-refractivity contribution in [1.29, 1.82) is 0 Å². The molecule has 0 saturated heterocycles. The third-order valence-corrected chi connectivity index (χ3v) is 5.36. The highest BCUT2D eigenvalue weighted by Crippen LogP contribution is 2.43. The lowest BCUT2D eigenvalue weighted by Crippen LogP contribution is -2.25. The fourth-order valence-electron chi connectivity index (χ4n) is 3.31. The molecule has 0 saturated carbocycles. The number of fused-ring (bicyclic) bond motifs is 3. The van der Waals surface area contributed by atoms with Crippen molar-refractivity contribution in [3.63, 3.8) is 0 Å². The maximum atomic E-state index is 13.2. The van der Waals surface area contributed by atoms with E-state index in [0.29, 0.717) is 15.2 Å². The van der Waals surface area contributed by atoms with Gasteiger partial charge in [0.2, 0.25) is 0 Å². The topological polar surface area (TPSA) is 82.6 Å². The molecule has 4 rings (SSSR count). The first-order valence-corrected chi connectivity index (χ1v) is 8.59. The zero-order valence-electron chi connectivity index (χ0n) is 14.2. The number of hydrogen-bond donors (Lipinski definition) is 0. The SMILES string of the molecule is COC(=O)c1c2c(c(OC)c3nc(C)sc13)C(=O)c1ccccc1C2=O. The molecule has 0 atom stereocenters. The van der Waals surface area contributed by atoms with Crippen molar-refractivity contribution >= 4 is 39.1 Å². The first-order chi connectivity index (χ1) is 12.5. The van der Waals surface area contributed by atoms with Crippen LogP contribution >= 0.6 is 11.3 Å². The van der Waals surface area contributed by atoms with Crippen LogP contribution in [0.5, 0.6) is 5.75 Å². The number of ether oxygens (including phenoxy) is 2. The second-order valence-electron chi connectivity index (χ2n) is 5.76. The maximum absolute atomic E-state index is 13.2. The monoisotopic (exact) mass is 367 g/mol. The van der Waals surface area contributed by atoms with Gasteiger partial charge in [-0.3, -0.25) is 9.59 Å². The van der Waals surface area contributed by atoms with Gasteiger partial charge in [0, 0.05) is 11.1 Å². The van der Waals surface area contributed by atoms with E-state index >= 15 is 0 Å². The predicted octanol–water partition coefficient (Wildman–Crippen LogP) is 3.18. The number of carbonyl (C=O) groups excluding carboxylic acids is 3. The first kappa shape index (κ1) is 16.4. The van der Waals surface area contributed by atoms with Crippen molar-refractivity contribution in [3.05, 3.63) is 57.1 Å². The number of aromatic nitrogens is 1. The average Bonchev–Trinajstić information content (AvgIpc) is 3.04. The molecule has 0 aliphatic heterocycles. The fraction of sp³-hybridized carbons (Fsp3) is 0.158. The van der Waals surface area contributed by atoms with Crippen LogP contribution in [0, 0.1) is 6.92 Å². The van der Waals surface area contributed by atoms with Crippen LogP contribution in [0.4, 0.5) is 0 Å². The second-order valence-corrected chi connectivity index (χ2v) is 6.97. The molecule has 0 unspecified atom stereocenters. The first-order valence-electron chi connectivity index (χ1n) is 7.77.